The second kappa shape index (κ2) is 5.27. The van der Waals surface area contributed by atoms with E-state index in [1.54, 1.807) is 0 Å². The number of aryl methyl sites for hydroxylation is 3. The van der Waals surface area contributed by atoms with E-state index in [1.807, 2.05) is 0 Å². The molecule has 0 aliphatic heterocycles. The Morgan fingerprint density at radius 1 is 0.696 bits per heavy atom. The van der Waals surface area contributed by atoms with Crippen LogP contribution < -0.4 is 0 Å². The van der Waals surface area contributed by atoms with Gasteiger partial charge >= 0.3 is 0 Å². The van der Waals surface area contributed by atoms with Gasteiger partial charge in [-0.15, -0.1) is 0 Å². The first kappa shape index (κ1) is 14.1. The number of fused-ring (bicyclic) bond motifs is 3. The van der Waals surface area contributed by atoms with Crippen molar-refractivity contribution in [3.8, 4) is 5.69 Å². The Bertz CT molecular complexity index is 944. The number of hydrogen-bond donors (Lipinski definition) is 0. The lowest BCUT2D eigenvalue weighted by molar-refractivity contribution is 1.12. The number of rotatable bonds is 2. The molecule has 0 aliphatic rings. The second-order valence-corrected chi connectivity index (χ2v) is 6.40. The minimum atomic E-state index is 1.08. The molecule has 0 spiro atoms. The van der Waals surface area contributed by atoms with Crippen LogP contribution in [0.25, 0.3) is 27.5 Å². The predicted octanol–water partition coefficient (Wildman–Crippen LogP) is 5.96. The Morgan fingerprint density at radius 3 is 1.70 bits per heavy atom. The summed E-state index contributed by atoms with van der Waals surface area (Å²) in [5, 5.41) is 2.67. The standard InChI is InChI=1S/C22H21N/c1-4-17-7-9-18(10-8-17)23-21-11-5-15(2)13-19(21)20-14-16(3)6-12-22(20)23/h5-14H,4H2,1-3H3. The molecule has 0 N–H and O–H groups in total. The average Bonchev–Trinajstić information content (AvgIpc) is 2.88. The van der Waals surface area contributed by atoms with Crippen LogP contribution in [0.2, 0.25) is 0 Å². The van der Waals surface area contributed by atoms with Crippen molar-refractivity contribution in [1.82, 2.24) is 4.57 Å². The first-order chi connectivity index (χ1) is 11.2. The van der Waals surface area contributed by atoms with E-state index in [0.717, 1.165) is 6.42 Å². The number of nitrogens with zero attached hydrogens (tertiary/aromatic N) is 1. The lowest BCUT2D eigenvalue weighted by Gasteiger charge is -2.09. The van der Waals surface area contributed by atoms with E-state index in [0.29, 0.717) is 0 Å². The van der Waals surface area contributed by atoms with Gasteiger partial charge in [0, 0.05) is 16.5 Å². The van der Waals surface area contributed by atoms with E-state index in [1.165, 1.54) is 44.2 Å². The summed E-state index contributed by atoms with van der Waals surface area (Å²) in [7, 11) is 0. The van der Waals surface area contributed by atoms with E-state index in [9.17, 15) is 0 Å². The SMILES string of the molecule is CCc1ccc(-n2c3ccc(C)cc3c3cc(C)ccc32)cc1. The third kappa shape index (κ3) is 2.24. The Kier molecular flexibility index (Phi) is 3.23. The number of benzene rings is 3. The van der Waals surface area contributed by atoms with Crippen molar-refractivity contribution in [2.24, 2.45) is 0 Å². The first-order valence-electron chi connectivity index (χ1n) is 8.28. The van der Waals surface area contributed by atoms with Crippen molar-refractivity contribution in [2.45, 2.75) is 27.2 Å². The van der Waals surface area contributed by atoms with Gasteiger partial charge in [0.05, 0.1) is 11.0 Å². The van der Waals surface area contributed by atoms with Gasteiger partial charge in [0.2, 0.25) is 0 Å². The molecule has 0 fully saturated rings. The predicted molar refractivity (Wildman–Crippen MR) is 99.6 cm³/mol. The molecule has 4 aromatic rings. The highest BCUT2D eigenvalue weighted by atomic mass is 15.0. The fraction of sp³-hybridized carbons (Fsp3) is 0.182. The summed E-state index contributed by atoms with van der Waals surface area (Å²) in [5.74, 6) is 0. The molecule has 0 atom stereocenters. The molecule has 0 amide bonds. The molecule has 0 saturated heterocycles. The minimum Gasteiger partial charge on any atom is -0.309 e. The van der Waals surface area contributed by atoms with Crippen LogP contribution in [-0.2, 0) is 6.42 Å². The Balaban J connectivity index is 2.10. The molecule has 0 saturated carbocycles. The highest BCUT2D eigenvalue weighted by Gasteiger charge is 2.12. The molecule has 23 heavy (non-hydrogen) atoms. The van der Waals surface area contributed by atoms with E-state index in [4.69, 9.17) is 0 Å². The van der Waals surface area contributed by atoms with Crippen LogP contribution in [-0.4, -0.2) is 4.57 Å². The maximum absolute atomic E-state index is 2.38. The monoisotopic (exact) mass is 299 g/mol. The first-order valence-corrected chi connectivity index (χ1v) is 8.28. The molecular formula is C22H21N. The lowest BCUT2D eigenvalue weighted by atomic mass is 10.1. The summed E-state index contributed by atoms with van der Waals surface area (Å²) in [5.41, 5.74) is 7.77. The van der Waals surface area contributed by atoms with Crippen LogP contribution in [0.15, 0.2) is 60.7 Å². The summed E-state index contributed by atoms with van der Waals surface area (Å²) in [4.78, 5) is 0. The zero-order valence-electron chi connectivity index (χ0n) is 13.9. The Labute approximate surface area is 137 Å². The smallest absolute Gasteiger partial charge is 0.0541 e. The van der Waals surface area contributed by atoms with Crippen LogP contribution in [0, 0.1) is 13.8 Å². The summed E-state index contributed by atoms with van der Waals surface area (Å²) < 4.78 is 2.38. The van der Waals surface area contributed by atoms with Crippen LogP contribution in [0.3, 0.4) is 0 Å². The topological polar surface area (TPSA) is 4.93 Å². The molecule has 0 aliphatic carbocycles. The largest absolute Gasteiger partial charge is 0.309 e. The van der Waals surface area contributed by atoms with Gasteiger partial charge in [-0.1, -0.05) is 42.3 Å². The van der Waals surface area contributed by atoms with Crippen molar-refractivity contribution in [3.05, 3.63) is 77.4 Å². The molecule has 1 aromatic heterocycles. The minimum absolute atomic E-state index is 1.08. The summed E-state index contributed by atoms with van der Waals surface area (Å²) in [6.07, 6.45) is 1.08. The van der Waals surface area contributed by atoms with Gasteiger partial charge in [0.1, 0.15) is 0 Å². The van der Waals surface area contributed by atoms with Crippen molar-refractivity contribution < 1.29 is 0 Å². The fourth-order valence-electron chi connectivity index (χ4n) is 3.41. The third-order valence-corrected chi connectivity index (χ3v) is 4.68. The normalized spacial score (nSPS) is 11.4. The van der Waals surface area contributed by atoms with Crippen LogP contribution >= 0.6 is 0 Å². The molecule has 1 heterocycles. The molecule has 0 bridgehead atoms. The maximum atomic E-state index is 2.38. The average molecular weight is 299 g/mol. The number of aromatic nitrogens is 1. The molecule has 3 aromatic carbocycles. The molecule has 4 rings (SSSR count). The van der Waals surface area contributed by atoms with Crippen molar-refractivity contribution in [2.75, 3.05) is 0 Å². The van der Waals surface area contributed by atoms with Gasteiger partial charge in [0.25, 0.3) is 0 Å². The van der Waals surface area contributed by atoms with E-state index >= 15 is 0 Å². The van der Waals surface area contributed by atoms with Crippen molar-refractivity contribution in [1.29, 1.82) is 0 Å². The van der Waals surface area contributed by atoms with E-state index in [2.05, 4.69) is 86.0 Å². The zero-order chi connectivity index (χ0) is 16.0. The quantitative estimate of drug-likeness (QED) is 0.430. The maximum Gasteiger partial charge on any atom is 0.0541 e. The van der Waals surface area contributed by atoms with Crippen LogP contribution in [0.1, 0.15) is 23.6 Å². The highest BCUT2D eigenvalue weighted by Crippen LogP contribution is 2.33. The molecule has 1 heteroatoms. The Hall–Kier alpha value is -2.54. The third-order valence-electron chi connectivity index (χ3n) is 4.68. The molecule has 114 valence electrons. The summed E-state index contributed by atoms with van der Waals surface area (Å²) in [6, 6.07) is 22.4. The fourth-order valence-corrected chi connectivity index (χ4v) is 3.41. The highest BCUT2D eigenvalue weighted by molar-refractivity contribution is 6.09. The Morgan fingerprint density at radius 2 is 1.22 bits per heavy atom. The van der Waals surface area contributed by atoms with Gasteiger partial charge in [-0.3, -0.25) is 0 Å². The molecular weight excluding hydrogens is 278 g/mol. The lowest BCUT2D eigenvalue weighted by Crippen LogP contribution is -1.94. The molecule has 1 nitrogen and oxygen atoms in total. The van der Waals surface area contributed by atoms with Gasteiger partial charge in [0.15, 0.2) is 0 Å². The van der Waals surface area contributed by atoms with E-state index in [-0.39, 0.29) is 0 Å². The van der Waals surface area contributed by atoms with Gasteiger partial charge in [-0.25, -0.2) is 0 Å². The van der Waals surface area contributed by atoms with Gasteiger partial charge in [-0.05, 0) is 62.2 Å². The summed E-state index contributed by atoms with van der Waals surface area (Å²) in [6.45, 7) is 6.52. The zero-order valence-corrected chi connectivity index (χ0v) is 13.9. The molecule has 0 radical (unpaired) electrons. The second-order valence-electron chi connectivity index (χ2n) is 6.40. The number of hydrogen-bond acceptors (Lipinski definition) is 0. The van der Waals surface area contributed by atoms with Crippen molar-refractivity contribution in [3.63, 3.8) is 0 Å². The van der Waals surface area contributed by atoms with Gasteiger partial charge in [-0.2, -0.15) is 0 Å². The van der Waals surface area contributed by atoms with Gasteiger partial charge < -0.3 is 4.57 Å². The van der Waals surface area contributed by atoms with Crippen LogP contribution in [0.5, 0.6) is 0 Å². The van der Waals surface area contributed by atoms with Crippen molar-refractivity contribution >= 4 is 21.8 Å². The summed E-state index contributed by atoms with van der Waals surface area (Å²) >= 11 is 0. The molecule has 0 unspecified atom stereocenters. The van der Waals surface area contributed by atoms with Crippen LogP contribution in [0.4, 0.5) is 0 Å². The van der Waals surface area contributed by atoms with E-state index < -0.39 is 0 Å².